The van der Waals surface area contributed by atoms with Crippen LogP contribution in [0, 0.1) is 17.7 Å². The molecule has 1 saturated heterocycles. The Morgan fingerprint density at radius 3 is 2.46 bits per heavy atom. The van der Waals surface area contributed by atoms with Gasteiger partial charge in [0.15, 0.2) is 0 Å². The molecule has 2 fully saturated rings. The molecule has 1 aliphatic carbocycles. The van der Waals surface area contributed by atoms with Crippen LogP contribution in [0.3, 0.4) is 0 Å². The highest BCUT2D eigenvalue weighted by Crippen LogP contribution is 2.32. The third-order valence-corrected chi connectivity index (χ3v) is 5.14. The van der Waals surface area contributed by atoms with Gasteiger partial charge in [0.2, 0.25) is 0 Å². The number of halogens is 1. The number of rotatable bonds is 6. The molecule has 2 unspecified atom stereocenters. The molecule has 132 valence electrons. The summed E-state index contributed by atoms with van der Waals surface area (Å²) >= 11 is 0. The van der Waals surface area contributed by atoms with E-state index in [0.29, 0.717) is 25.6 Å². The van der Waals surface area contributed by atoms with Crippen molar-refractivity contribution >= 4 is 5.91 Å². The molecule has 2 aliphatic rings. The number of amides is 1. The van der Waals surface area contributed by atoms with Crippen molar-refractivity contribution in [2.45, 2.75) is 44.8 Å². The van der Waals surface area contributed by atoms with E-state index in [1.54, 1.807) is 12.1 Å². The number of benzene rings is 1. The molecule has 0 bridgehead atoms. The quantitative estimate of drug-likeness (QED) is 0.870. The van der Waals surface area contributed by atoms with E-state index in [4.69, 9.17) is 4.74 Å². The Kier molecular flexibility index (Phi) is 5.51. The zero-order valence-electron chi connectivity index (χ0n) is 14.2. The van der Waals surface area contributed by atoms with Gasteiger partial charge in [0.05, 0.1) is 12.7 Å². The van der Waals surface area contributed by atoms with Crippen LogP contribution in [-0.4, -0.2) is 41.7 Å². The lowest BCUT2D eigenvalue weighted by Crippen LogP contribution is -2.44. The molecule has 1 heterocycles. The Morgan fingerprint density at radius 1 is 1.25 bits per heavy atom. The van der Waals surface area contributed by atoms with Crippen molar-refractivity contribution in [3.05, 3.63) is 35.6 Å². The Morgan fingerprint density at radius 2 is 1.88 bits per heavy atom. The summed E-state index contributed by atoms with van der Waals surface area (Å²) in [5.41, 5.74) is 0.738. The molecule has 1 aromatic rings. The van der Waals surface area contributed by atoms with Crippen molar-refractivity contribution in [2.24, 2.45) is 11.8 Å². The standard InChI is InChI=1S/C19H26FNO3/c1-13(24-12-14-2-3-14)19(23)21-10-8-16(9-11-21)18(22)15-4-6-17(20)7-5-15/h4-7,13-14,16,18,22H,2-3,8-12H2,1H3. The fourth-order valence-electron chi connectivity index (χ4n) is 3.26. The monoisotopic (exact) mass is 335 g/mol. The second-order valence-corrected chi connectivity index (χ2v) is 7.08. The third kappa shape index (κ3) is 4.33. The Hall–Kier alpha value is -1.46. The van der Waals surface area contributed by atoms with Gasteiger partial charge in [-0.1, -0.05) is 12.1 Å². The lowest BCUT2D eigenvalue weighted by molar-refractivity contribution is -0.145. The minimum atomic E-state index is -0.605. The zero-order valence-corrected chi connectivity index (χ0v) is 14.2. The van der Waals surface area contributed by atoms with E-state index in [0.717, 1.165) is 18.4 Å². The number of aliphatic hydroxyl groups excluding tert-OH is 1. The molecule has 0 radical (unpaired) electrons. The van der Waals surface area contributed by atoms with Gasteiger partial charge >= 0.3 is 0 Å². The highest BCUT2D eigenvalue weighted by atomic mass is 19.1. The summed E-state index contributed by atoms with van der Waals surface area (Å²) < 4.78 is 18.6. The molecule has 0 spiro atoms. The van der Waals surface area contributed by atoms with Crippen LogP contribution in [0.4, 0.5) is 4.39 Å². The number of aliphatic hydroxyl groups is 1. The molecule has 5 heteroatoms. The number of carbonyl (C=O) groups is 1. The van der Waals surface area contributed by atoms with E-state index < -0.39 is 6.10 Å². The third-order valence-electron chi connectivity index (χ3n) is 5.14. The largest absolute Gasteiger partial charge is 0.388 e. The van der Waals surface area contributed by atoms with Crippen LogP contribution in [0.5, 0.6) is 0 Å². The van der Waals surface area contributed by atoms with E-state index in [1.165, 1.54) is 25.0 Å². The molecule has 2 atom stereocenters. The molecule has 1 aliphatic heterocycles. The van der Waals surface area contributed by atoms with Crippen molar-refractivity contribution in [2.75, 3.05) is 19.7 Å². The number of ether oxygens (including phenoxy) is 1. The number of hydrogen-bond acceptors (Lipinski definition) is 3. The van der Waals surface area contributed by atoms with E-state index in [-0.39, 0.29) is 23.7 Å². The first kappa shape index (κ1) is 17.4. The molecular weight excluding hydrogens is 309 g/mol. The lowest BCUT2D eigenvalue weighted by Gasteiger charge is -2.35. The second kappa shape index (κ2) is 7.62. The molecular formula is C19H26FNO3. The Bertz CT molecular complexity index is 550. The van der Waals surface area contributed by atoms with Crippen molar-refractivity contribution in [3.8, 4) is 0 Å². The van der Waals surface area contributed by atoms with Crippen molar-refractivity contribution in [1.82, 2.24) is 4.90 Å². The van der Waals surface area contributed by atoms with E-state index in [9.17, 15) is 14.3 Å². The normalized spacial score (nSPS) is 21.5. The second-order valence-electron chi connectivity index (χ2n) is 7.08. The van der Waals surface area contributed by atoms with Crippen LogP contribution in [0.15, 0.2) is 24.3 Å². The van der Waals surface area contributed by atoms with Crippen LogP contribution in [0.25, 0.3) is 0 Å². The van der Waals surface area contributed by atoms with Crippen LogP contribution in [0.1, 0.15) is 44.3 Å². The summed E-state index contributed by atoms with van der Waals surface area (Å²) in [6.45, 7) is 3.79. The summed E-state index contributed by atoms with van der Waals surface area (Å²) in [6.07, 6.45) is 2.94. The van der Waals surface area contributed by atoms with Crippen LogP contribution in [-0.2, 0) is 9.53 Å². The average molecular weight is 335 g/mol. The molecule has 3 rings (SSSR count). The molecule has 1 N–H and O–H groups in total. The molecule has 1 saturated carbocycles. The number of carbonyl (C=O) groups excluding carboxylic acids is 1. The minimum Gasteiger partial charge on any atom is -0.388 e. The van der Waals surface area contributed by atoms with Crippen molar-refractivity contribution in [3.63, 3.8) is 0 Å². The Labute approximate surface area is 142 Å². The number of likely N-dealkylation sites (tertiary alicyclic amines) is 1. The predicted molar refractivity (Wildman–Crippen MR) is 88.8 cm³/mol. The predicted octanol–water partition coefficient (Wildman–Crippen LogP) is 2.91. The molecule has 0 aromatic heterocycles. The van der Waals surface area contributed by atoms with E-state index in [1.807, 2.05) is 11.8 Å². The fourth-order valence-corrected chi connectivity index (χ4v) is 3.26. The topological polar surface area (TPSA) is 49.8 Å². The summed E-state index contributed by atoms with van der Waals surface area (Å²) in [6, 6.07) is 6.00. The lowest BCUT2D eigenvalue weighted by atomic mass is 9.87. The maximum absolute atomic E-state index is 13.0. The number of piperidine rings is 1. The smallest absolute Gasteiger partial charge is 0.251 e. The minimum absolute atomic E-state index is 0.0466. The first-order valence-corrected chi connectivity index (χ1v) is 8.88. The maximum Gasteiger partial charge on any atom is 0.251 e. The summed E-state index contributed by atoms with van der Waals surface area (Å²) in [4.78, 5) is 14.3. The highest BCUT2D eigenvalue weighted by Gasteiger charge is 2.31. The highest BCUT2D eigenvalue weighted by molar-refractivity contribution is 5.80. The van der Waals surface area contributed by atoms with Crippen molar-refractivity contribution in [1.29, 1.82) is 0 Å². The Balaban J connectivity index is 1.47. The summed E-state index contributed by atoms with van der Waals surface area (Å²) in [5, 5.41) is 10.5. The number of nitrogens with zero attached hydrogens (tertiary/aromatic N) is 1. The molecule has 1 amide bonds. The van der Waals surface area contributed by atoms with Crippen molar-refractivity contribution < 1.29 is 19.0 Å². The van der Waals surface area contributed by atoms with Crippen LogP contribution < -0.4 is 0 Å². The van der Waals surface area contributed by atoms with Gasteiger partial charge in [-0.2, -0.15) is 0 Å². The molecule has 1 aromatic carbocycles. The maximum atomic E-state index is 13.0. The van der Waals surface area contributed by atoms with E-state index in [2.05, 4.69) is 0 Å². The molecule has 24 heavy (non-hydrogen) atoms. The fraction of sp³-hybridized carbons (Fsp3) is 0.632. The SMILES string of the molecule is CC(OCC1CC1)C(=O)N1CCC(C(O)c2ccc(F)cc2)CC1. The first-order valence-electron chi connectivity index (χ1n) is 8.88. The van der Waals surface area contributed by atoms with Crippen LogP contribution in [0.2, 0.25) is 0 Å². The van der Waals surface area contributed by atoms with E-state index >= 15 is 0 Å². The van der Waals surface area contributed by atoms with Gasteiger partial charge in [-0.3, -0.25) is 4.79 Å². The molecule has 4 nitrogen and oxygen atoms in total. The zero-order chi connectivity index (χ0) is 17.1. The van der Waals surface area contributed by atoms with Gasteiger partial charge in [-0.15, -0.1) is 0 Å². The van der Waals surface area contributed by atoms with Gasteiger partial charge in [0.1, 0.15) is 11.9 Å². The average Bonchev–Trinajstić information content (AvgIpc) is 3.43. The number of hydrogen-bond donors (Lipinski definition) is 1. The summed E-state index contributed by atoms with van der Waals surface area (Å²) in [7, 11) is 0. The summed E-state index contributed by atoms with van der Waals surface area (Å²) in [5.74, 6) is 0.496. The van der Waals surface area contributed by atoms with Gasteiger partial charge in [-0.25, -0.2) is 4.39 Å². The first-order chi connectivity index (χ1) is 11.5. The van der Waals surface area contributed by atoms with Gasteiger partial charge in [-0.05, 0) is 62.1 Å². The van der Waals surface area contributed by atoms with Crippen LogP contribution >= 0.6 is 0 Å². The van der Waals surface area contributed by atoms with Gasteiger partial charge in [0, 0.05) is 13.1 Å². The van der Waals surface area contributed by atoms with Gasteiger partial charge in [0.25, 0.3) is 5.91 Å². The van der Waals surface area contributed by atoms with Gasteiger partial charge < -0.3 is 14.7 Å².